The quantitative estimate of drug-likeness (QED) is 0.538. The first-order valence-corrected chi connectivity index (χ1v) is 8.61. The Morgan fingerprint density at radius 2 is 1.88 bits per heavy atom. The summed E-state index contributed by atoms with van der Waals surface area (Å²) in [5.41, 5.74) is 1.39. The van der Waals surface area contributed by atoms with Crippen LogP contribution in [0.25, 0.3) is 22.4 Å². The maximum Gasteiger partial charge on any atom is 0.291 e. The van der Waals surface area contributed by atoms with E-state index in [2.05, 4.69) is 10.1 Å². The van der Waals surface area contributed by atoms with Crippen LogP contribution in [-0.4, -0.2) is 14.6 Å². The molecule has 0 N–H and O–H groups in total. The van der Waals surface area contributed by atoms with Crippen LogP contribution in [0.5, 0.6) is 0 Å². The van der Waals surface area contributed by atoms with Crippen molar-refractivity contribution in [3.8, 4) is 11.4 Å². The van der Waals surface area contributed by atoms with E-state index in [0.717, 1.165) is 11.1 Å². The first kappa shape index (κ1) is 15.3. The Bertz CT molecular complexity index is 1150. The maximum absolute atomic E-state index is 12.5. The van der Waals surface area contributed by atoms with E-state index < -0.39 is 0 Å². The number of hydrogen-bond acceptors (Lipinski definition) is 4. The fraction of sp³-hybridized carbons (Fsp3) is 0. The first-order valence-electron chi connectivity index (χ1n) is 7.03. The van der Waals surface area contributed by atoms with E-state index in [4.69, 9.17) is 23.2 Å². The Morgan fingerprint density at radius 3 is 2.58 bits per heavy atom. The fourth-order valence-electron chi connectivity index (χ4n) is 2.30. The minimum absolute atomic E-state index is 0.212. The van der Waals surface area contributed by atoms with Crippen molar-refractivity contribution in [1.82, 2.24) is 14.6 Å². The summed E-state index contributed by atoms with van der Waals surface area (Å²) in [6.45, 7) is 0. The molecule has 0 fully saturated rings. The molecule has 4 aromatic rings. The van der Waals surface area contributed by atoms with Gasteiger partial charge in [0.1, 0.15) is 0 Å². The molecule has 0 saturated carbocycles. The molecule has 118 valence electrons. The Labute approximate surface area is 150 Å². The number of rotatable bonds is 2. The third-order valence-corrected chi connectivity index (χ3v) is 4.98. The number of hydrogen-bond donors (Lipinski definition) is 0. The van der Waals surface area contributed by atoms with Gasteiger partial charge in [-0.1, -0.05) is 70.9 Å². The Balaban J connectivity index is 1.84. The minimum atomic E-state index is -0.212. The van der Waals surface area contributed by atoms with E-state index in [-0.39, 0.29) is 5.56 Å². The molecule has 4 rings (SSSR count). The molecule has 2 aromatic carbocycles. The van der Waals surface area contributed by atoms with Crippen molar-refractivity contribution in [2.75, 3.05) is 0 Å². The molecular weight excluding hydrogens is 365 g/mol. The summed E-state index contributed by atoms with van der Waals surface area (Å²) in [7, 11) is 0. The highest BCUT2D eigenvalue weighted by molar-refractivity contribution is 7.15. The van der Waals surface area contributed by atoms with Crippen LogP contribution in [0.4, 0.5) is 0 Å². The Kier molecular flexibility index (Phi) is 3.84. The van der Waals surface area contributed by atoms with Crippen LogP contribution in [0.2, 0.25) is 10.0 Å². The van der Waals surface area contributed by atoms with Gasteiger partial charge < -0.3 is 0 Å². The molecule has 0 atom stereocenters. The van der Waals surface area contributed by atoms with E-state index in [1.165, 1.54) is 15.9 Å². The van der Waals surface area contributed by atoms with Gasteiger partial charge in [-0.2, -0.15) is 9.50 Å². The monoisotopic (exact) mass is 373 g/mol. The van der Waals surface area contributed by atoms with Crippen LogP contribution in [0.3, 0.4) is 0 Å². The summed E-state index contributed by atoms with van der Waals surface area (Å²) in [4.78, 5) is 17.5. The van der Waals surface area contributed by atoms with E-state index in [1.54, 1.807) is 24.3 Å². The van der Waals surface area contributed by atoms with Crippen LogP contribution in [0.15, 0.2) is 53.3 Å². The second-order valence-corrected chi connectivity index (χ2v) is 6.93. The predicted molar refractivity (Wildman–Crippen MR) is 97.8 cm³/mol. The molecule has 0 unspecified atom stereocenters. The van der Waals surface area contributed by atoms with E-state index >= 15 is 0 Å². The minimum Gasteiger partial charge on any atom is -0.266 e. The van der Waals surface area contributed by atoms with Crippen molar-refractivity contribution >= 4 is 45.6 Å². The van der Waals surface area contributed by atoms with Gasteiger partial charge in [0.15, 0.2) is 5.82 Å². The van der Waals surface area contributed by atoms with Gasteiger partial charge in [0, 0.05) is 15.6 Å². The Hall–Kier alpha value is -2.21. The third kappa shape index (κ3) is 2.71. The molecule has 0 aliphatic rings. The maximum atomic E-state index is 12.5. The molecule has 0 saturated heterocycles. The highest BCUT2D eigenvalue weighted by Crippen LogP contribution is 2.21. The van der Waals surface area contributed by atoms with Crippen molar-refractivity contribution in [2.45, 2.75) is 0 Å². The van der Waals surface area contributed by atoms with Crippen molar-refractivity contribution in [1.29, 1.82) is 0 Å². The average molecular weight is 374 g/mol. The lowest BCUT2D eigenvalue weighted by Crippen LogP contribution is -2.23. The lowest BCUT2D eigenvalue weighted by atomic mass is 10.2. The number of thiazole rings is 1. The summed E-state index contributed by atoms with van der Waals surface area (Å²) in [6, 6.07) is 14.7. The van der Waals surface area contributed by atoms with Crippen molar-refractivity contribution in [2.24, 2.45) is 0 Å². The topological polar surface area (TPSA) is 47.3 Å². The molecule has 0 bridgehead atoms. The van der Waals surface area contributed by atoms with Crippen molar-refractivity contribution < 1.29 is 0 Å². The summed E-state index contributed by atoms with van der Waals surface area (Å²) >= 11 is 13.3. The number of fused-ring (bicyclic) bond motifs is 1. The van der Waals surface area contributed by atoms with Gasteiger partial charge >= 0.3 is 0 Å². The second kappa shape index (κ2) is 6.02. The second-order valence-electron chi connectivity index (χ2n) is 5.08. The van der Waals surface area contributed by atoms with Gasteiger partial charge in [-0.05, 0) is 23.8 Å². The molecule has 2 aromatic heterocycles. The standard InChI is InChI=1S/C17H9Cl2N3OS/c18-12-7-6-11(13(19)9-12)8-14-16(23)22-17(24-14)20-15(21-22)10-4-2-1-3-5-10/h1-9H/b14-8+. The van der Waals surface area contributed by atoms with E-state index in [1.807, 2.05) is 30.3 Å². The van der Waals surface area contributed by atoms with Crippen LogP contribution < -0.4 is 10.1 Å². The summed E-state index contributed by atoms with van der Waals surface area (Å²) < 4.78 is 1.84. The highest BCUT2D eigenvalue weighted by Gasteiger charge is 2.12. The average Bonchev–Trinajstić information content (AvgIpc) is 3.11. The summed E-state index contributed by atoms with van der Waals surface area (Å²) in [5.74, 6) is 0.537. The van der Waals surface area contributed by atoms with Crippen LogP contribution in [-0.2, 0) is 0 Å². The zero-order valence-electron chi connectivity index (χ0n) is 12.1. The van der Waals surface area contributed by atoms with Gasteiger partial charge in [0.2, 0.25) is 4.96 Å². The Morgan fingerprint density at radius 1 is 1.08 bits per heavy atom. The molecule has 2 heterocycles. The molecule has 24 heavy (non-hydrogen) atoms. The van der Waals surface area contributed by atoms with Crippen LogP contribution in [0.1, 0.15) is 5.56 Å². The molecule has 4 nitrogen and oxygen atoms in total. The van der Waals surface area contributed by atoms with Crippen LogP contribution >= 0.6 is 34.5 Å². The predicted octanol–water partition coefficient (Wildman–Crippen LogP) is 3.67. The zero-order chi connectivity index (χ0) is 16.7. The molecule has 0 spiro atoms. The fourth-order valence-corrected chi connectivity index (χ4v) is 3.66. The van der Waals surface area contributed by atoms with Gasteiger partial charge in [0.25, 0.3) is 5.56 Å². The number of aromatic nitrogens is 3. The largest absolute Gasteiger partial charge is 0.291 e. The van der Waals surface area contributed by atoms with Gasteiger partial charge in [-0.3, -0.25) is 4.79 Å². The molecule has 0 amide bonds. The van der Waals surface area contributed by atoms with E-state index in [0.29, 0.717) is 25.4 Å². The molecule has 0 aliphatic carbocycles. The molecular formula is C17H9Cl2N3OS. The smallest absolute Gasteiger partial charge is 0.266 e. The molecule has 0 radical (unpaired) electrons. The lowest BCUT2D eigenvalue weighted by Gasteiger charge is -1.97. The van der Waals surface area contributed by atoms with Crippen LogP contribution in [0, 0.1) is 0 Å². The number of nitrogens with zero attached hydrogens (tertiary/aromatic N) is 3. The molecule has 7 heteroatoms. The lowest BCUT2D eigenvalue weighted by molar-refractivity contribution is 0.937. The van der Waals surface area contributed by atoms with Gasteiger partial charge in [-0.15, -0.1) is 5.10 Å². The van der Waals surface area contributed by atoms with Crippen molar-refractivity contribution in [3.63, 3.8) is 0 Å². The zero-order valence-corrected chi connectivity index (χ0v) is 14.4. The van der Waals surface area contributed by atoms with Crippen molar-refractivity contribution in [3.05, 3.63) is 79.0 Å². The first-order chi connectivity index (χ1) is 11.6. The number of halogens is 2. The van der Waals surface area contributed by atoms with Gasteiger partial charge in [-0.25, -0.2) is 0 Å². The number of benzene rings is 2. The molecule has 0 aliphatic heterocycles. The SMILES string of the molecule is O=c1/c(=C\c2ccc(Cl)cc2Cl)sc2nc(-c3ccccc3)nn12. The highest BCUT2D eigenvalue weighted by atomic mass is 35.5. The normalized spacial score (nSPS) is 12.2. The summed E-state index contributed by atoms with van der Waals surface area (Å²) in [5, 5.41) is 5.35. The third-order valence-electron chi connectivity index (χ3n) is 3.46. The van der Waals surface area contributed by atoms with E-state index in [9.17, 15) is 4.79 Å². The van der Waals surface area contributed by atoms with Gasteiger partial charge in [0.05, 0.1) is 4.53 Å². The summed E-state index contributed by atoms with van der Waals surface area (Å²) in [6.07, 6.45) is 1.73.